The number of nitrogens with one attached hydrogen (secondary N) is 1. The van der Waals surface area contributed by atoms with Crippen LogP contribution in [0.1, 0.15) is 21.5 Å². The third-order valence-electron chi connectivity index (χ3n) is 5.81. The minimum atomic E-state index is -0.455. The van der Waals surface area contributed by atoms with Gasteiger partial charge in [-0.05, 0) is 61.0 Å². The highest BCUT2D eigenvalue weighted by Gasteiger charge is 2.32. The van der Waals surface area contributed by atoms with Gasteiger partial charge >= 0.3 is 6.09 Å². The van der Waals surface area contributed by atoms with Crippen molar-refractivity contribution in [1.82, 2.24) is 5.32 Å². The second kappa shape index (κ2) is 13.4. The second-order valence-corrected chi connectivity index (χ2v) is 9.80. The number of cyclic esters (lactones) is 1. The number of hydrogen-bond donors (Lipinski definition) is 1. The summed E-state index contributed by atoms with van der Waals surface area (Å²) >= 11 is 1.73. The standard InChI is InChI=1S/C24H21FN2O3S.C7H8/c25-19-8-6-18(7-9-19)23(28)26-14-21-15-27(24(29)30-21)20-10-12-22(13-11-20)31-16-17-4-2-1-3-5-17;1-7-5-3-2-4-6-7/h1-13,21H,14-16H2,(H,26,28);2-6H,1H3. The van der Waals surface area contributed by atoms with Gasteiger partial charge in [-0.3, -0.25) is 9.69 Å². The van der Waals surface area contributed by atoms with Crippen LogP contribution in [0, 0.1) is 12.7 Å². The number of amides is 2. The molecule has 1 N–H and O–H groups in total. The Morgan fingerprint density at radius 1 is 0.921 bits per heavy atom. The van der Waals surface area contributed by atoms with Crippen LogP contribution >= 0.6 is 11.8 Å². The summed E-state index contributed by atoms with van der Waals surface area (Å²) in [6.07, 6.45) is -0.894. The average Bonchev–Trinajstić information content (AvgIpc) is 3.33. The number of ether oxygens (including phenoxy) is 1. The Bertz CT molecular complexity index is 1320. The molecule has 4 aromatic carbocycles. The van der Waals surface area contributed by atoms with Crippen LogP contribution in [0.25, 0.3) is 0 Å². The van der Waals surface area contributed by atoms with Gasteiger partial charge in [0.05, 0.1) is 13.1 Å². The van der Waals surface area contributed by atoms with Gasteiger partial charge in [-0.15, -0.1) is 11.8 Å². The van der Waals surface area contributed by atoms with Crippen molar-refractivity contribution in [3.8, 4) is 0 Å². The molecule has 2 amide bonds. The molecule has 0 aliphatic carbocycles. The van der Waals surface area contributed by atoms with Crippen LogP contribution in [0.15, 0.2) is 114 Å². The van der Waals surface area contributed by atoms with E-state index in [9.17, 15) is 14.0 Å². The van der Waals surface area contributed by atoms with Crippen molar-refractivity contribution in [2.45, 2.75) is 23.7 Å². The fourth-order valence-corrected chi connectivity index (χ4v) is 4.60. The molecule has 5 nitrogen and oxygen atoms in total. The van der Waals surface area contributed by atoms with E-state index in [1.54, 1.807) is 16.7 Å². The van der Waals surface area contributed by atoms with E-state index in [0.29, 0.717) is 12.1 Å². The largest absolute Gasteiger partial charge is 0.442 e. The average molecular weight is 529 g/mol. The zero-order valence-corrected chi connectivity index (χ0v) is 21.9. The molecular formula is C31H29FN2O3S. The van der Waals surface area contributed by atoms with Crippen LogP contribution in [-0.4, -0.2) is 31.2 Å². The van der Waals surface area contributed by atoms with Crippen molar-refractivity contribution in [3.63, 3.8) is 0 Å². The van der Waals surface area contributed by atoms with Gasteiger partial charge in [-0.1, -0.05) is 66.2 Å². The molecule has 1 atom stereocenters. The van der Waals surface area contributed by atoms with Gasteiger partial charge in [0.25, 0.3) is 5.91 Å². The number of aryl methyl sites for hydroxylation is 1. The lowest BCUT2D eigenvalue weighted by Gasteiger charge is -2.14. The highest BCUT2D eigenvalue weighted by atomic mass is 32.2. The summed E-state index contributed by atoms with van der Waals surface area (Å²) in [5.74, 6) is 0.137. The van der Waals surface area contributed by atoms with Crippen molar-refractivity contribution in [2.24, 2.45) is 0 Å². The summed E-state index contributed by atoms with van der Waals surface area (Å²) in [6.45, 7) is 2.61. The first-order valence-corrected chi connectivity index (χ1v) is 13.3. The van der Waals surface area contributed by atoms with Gasteiger partial charge in [-0.25, -0.2) is 9.18 Å². The van der Waals surface area contributed by atoms with Gasteiger partial charge in [0.1, 0.15) is 11.9 Å². The first kappa shape index (κ1) is 26.9. The summed E-state index contributed by atoms with van der Waals surface area (Å²) in [5.41, 5.74) is 3.68. The molecule has 1 aliphatic rings. The molecule has 5 rings (SSSR count). The van der Waals surface area contributed by atoms with Crippen LogP contribution in [0.5, 0.6) is 0 Å². The number of nitrogens with zero attached hydrogens (tertiary/aromatic N) is 1. The number of hydrogen-bond acceptors (Lipinski definition) is 4. The molecule has 7 heteroatoms. The Balaban J connectivity index is 0.000000417. The predicted molar refractivity (Wildman–Crippen MR) is 150 cm³/mol. The summed E-state index contributed by atoms with van der Waals surface area (Å²) in [6, 6.07) is 33.5. The van der Waals surface area contributed by atoms with Crippen molar-refractivity contribution in [3.05, 3.63) is 132 Å². The predicted octanol–water partition coefficient (Wildman–Crippen LogP) is 6.87. The Morgan fingerprint density at radius 2 is 1.55 bits per heavy atom. The molecule has 0 spiro atoms. The maximum absolute atomic E-state index is 13.0. The Labute approximate surface area is 226 Å². The number of carbonyl (C=O) groups excluding carboxylic acids is 2. The molecule has 1 heterocycles. The van der Waals surface area contributed by atoms with Gasteiger partial charge in [0, 0.05) is 21.9 Å². The highest BCUT2D eigenvalue weighted by Crippen LogP contribution is 2.27. The first-order valence-electron chi connectivity index (χ1n) is 12.3. The fraction of sp³-hybridized carbons (Fsp3) is 0.161. The van der Waals surface area contributed by atoms with Gasteiger partial charge in [0.15, 0.2) is 0 Å². The third kappa shape index (κ3) is 7.95. The van der Waals surface area contributed by atoms with E-state index in [0.717, 1.165) is 16.3 Å². The minimum absolute atomic E-state index is 0.184. The topological polar surface area (TPSA) is 58.6 Å². The number of rotatable bonds is 7. The molecule has 0 bridgehead atoms. The van der Waals surface area contributed by atoms with Crippen LogP contribution in [0.3, 0.4) is 0 Å². The van der Waals surface area contributed by atoms with Crippen LogP contribution in [-0.2, 0) is 10.5 Å². The van der Waals surface area contributed by atoms with Crippen molar-refractivity contribution in [2.75, 3.05) is 18.0 Å². The molecule has 194 valence electrons. The Hall–Kier alpha value is -4.10. The lowest BCUT2D eigenvalue weighted by molar-refractivity contribution is 0.0916. The van der Waals surface area contributed by atoms with E-state index in [1.807, 2.05) is 60.7 Å². The quantitative estimate of drug-likeness (QED) is 0.266. The molecule has 38 heavy (non-hydrogen) atoms. The van der Waals surface area contributed by atoms with Crippen LogP contribution in [0.4, 0.5) is 14.9 Å². The first-order chi connectivity index (χ1) is 18.5. The normalized spacial score (nSPS) is 14.3. The van der Waals surface area contributed by atoms with Crippen molar-refractivity contribution >= 4 is 29.4 Å². The van der Waals surface area contributed by atoms with Crippen molar-refractivity contribution < 1.29 is 18.7 Å². The lowest BCUT2D eigenvalue weighted by Crippen LogP contribution is -2.34. The minimum Gasteiger partial charge on any atom is -0.442 e. The monoisotopic (exact) mass is 528 g/mol. The van der Waals surface area contributed by atoms with E-state index in [-0.39, 0.29) is 12.5 Å². The smallest absolute Gasteiger partial charge is 0.414 e. The molecule has 1 fully saturated rings. The van der Waals surface area contributed by atoms with E-state index in [2.05, 4.69) is 36.5 Å². The van der Waals surface area contributed by atoms with Crippen molar-refractivity contribution in [1.29, 1.82) is 0 Å². The third-order valence-corrected chi connectivity index (χ3v) is 6.89. The molecular weight excluding hydrogens is 499 g/mol. The fourth-order valence-electron chi connectivity index (χ4n) is 3.75. The molecule has 0 radical (unpaired) electrons. The number of benzene rings is 4. The van der Waals surface area contributed by atoms with E-state index in [1.165, 1.54) is 35.4 Å². The highest BCUT2D eigenvalue weighted by molar-refractivity contribution is 7.98. The number of thioether (sulfide) groups is 1. The SMILES string of the molecule is Cc1ccccc1.O=C(NCC1CN(c2ccc(SCc3ccccc3)cc2)C(=O)O1)c1ccc(F)cc1. The summed E-state index contributed by atoms with van der Waals surface area (Å²) in [7, 11) is 0. The maximum Gasteiger partial charge on any atom is 0.414 e. The van der Waals surface area contributed by atoms with E-state index >= 15 is 0 Å². The maximum atomic E-state index is 13.0. The number of carbonyl (C=O) groups is 2. The molecule has 1 aliphatic heterocycles. The zero-order valence-electron chi connectivity index (χ0n) is 21.0. The summed E-state index contributed by atoms with van der Waals surface area (Å²) < 4.78 is 18.4. The van der Waals surface area contributed by atoms with E-state index in [4.69, 9.17) is 4.74 Å². The van der Waals surface area contributed by atoms with Crippen LogP contribution < -0.4 is 10.2 Å². The second-order valence-electron chi connectivity index (χ2n) is 8.76. The summed E-state index contributed by atoms with van der Waals surface area (Å²) in [4.78, 5) is 27.1. The Kier molecular flexibility index (Phi) is 9.54. The van der Waals surface area contributed by atoms with Gasteiger partial charge in [0.2, 0.25) is 0 Å². The zero-order chi connectivity index (χ0) is 26.7. The summed E-state index contributed by atoms with van der Waals surface area (Å²) in [5, 5.41) is 2.73. The molecule has 0 aromatic heterocycles. The van der Waals surface area contributed by atoms with E-state index < -0.39 is 18.0 Å². The van der Waals surface area contributed by atoms with Crippen LogP contribution in [0.2, 0.25) is 0 Å². The Morgan fingerprint density at radius 3 is 2.16 bits per heavy atom. The molecule has 1 unspecified atom stereocenters. The number of anilines is 1. The van der Waals surface area contributed by atoms with Gasteiger partial charge in [-0.2, -0.15) is 0 Å². The molecule has 0 saturated carbocycles. The molecule has 4 aromatic rings. The number of halogens is 1. The lowest BCUT2D eigenvalue weighted by atomic mass is 10.2. The molecule has 1 saturated heterocycles. The van der Waals surface area contributed by atoms with Gasteiger partial charge < -0.3 is 10.1 Å².